The third-order valence-electron chi connectivity index (χ3n) is 4.71. The molecule has 0 aliphatic carbocycles. The van der Waals surface area contributed by atoms with Gasteiger partial charge in [0, 0.05) is 6.42 Å². The van der Waals surface area contributed by atoms with E-state index < -0.39 is 54.3 Å². The van der Waals surface area contributed by atoms with Gasteiger partial charge in [0.15, 0.2) is 0 Å². The van der Waals surface area contributed by atoms with E-state index in [2.05, 4.69) is 16.0 Å². The van der Waals surface area contributed by atoms with E-state index in [9.17, 15) is 29.1 Å². The van der Waals surface area contributed by atoms with Gasteiger partial charge in [-0.1, -0.05) is 26.0 Å². The maximum Gasteiger partial charge on any atom is 0.326 e. The van der Waals surface area contributed by atoms with Crippen LogP contribution in [0.5, 0.6) is 5.75 Å². The molecule has 0 aliphatic rings. The van der Waals surface area contributed by atoms with Gasteiger partial charge in [0.05, 0.1) is 12.6 Å². The van der Waals surface area contributed by atoms with Crippen molar-refractivity contribution in [3.05, 3.63) is 29.8 Å². The Labute approximate surface area is 191 Å². The zero-order chi connectivity index (χ0) is 25.1. The summed E-state index contributed by atoms with van der Waals surface area (Å²) in [6, 6.07) is 2.75. The van der Waals surface area contributed by atoms with Crippen LogP contribution >= 0.6 is 0 Å². The molecule has 12 heteroatoms. The number of benzene rings is 1. The minimum Gasteiger partial charge on any atom is -0.508 e. The van der Waals surface area contributed by atoms with Crippen LogP contribution in [0.15, 0.2) is 24.3 Å². The molecule has 0 spiro atoms. The standard InChI is InChI=1S/C21H31N5O7/c1-11(2)18(21(32)33)26-17(29)10-24-20(31)15(7-8-16(23)28)25-19(30)14(22)9-12-3-5-13(27)6-4-12/h3-6,11,14-15,18,27H,7-10,22H2,1-2H3,(H2,23,28)(H,24,31)(H,25,30)(H,26,29)(H,32,33). The topological polar surface area (TPSA) is 214 Å². The number of rotatable bonds is 13. The van der Waals surface area contributed by atoms with Crippen molar-refractivity contribution in [3.63, 3.8) is 0 Å². The lowest BCUT2D eigenvalue weighted by molar-refractivity contribution is -0.143. The molecular formula is C21H31N5O7. The summed E-state index contributed by atoms with van der Waals surface area (Å²) >= 11 is 0. The Kier molecular flexibility index (Phi) is 10.8. The van der Waals surface area contributed by atoms with Gasteiger partial charge in [-0.2, -0.15) is 0 Å². The predicted molar refractivity (Wildman–Crippen MR) is 118 cm³/mol. The molecule has 0 saturated carbocycles. The van der Waals surface area contributed by atoms with E-state index in [0.29, 0.717) is 5.56 Å². The smallest absolute Gasteiger partial charge is 0.326 e. The number of carboxylic acids is 1. The molecule has 3 atom stereocenters. The molecule has 0 aliphatic heterocycles. The van der Waals surface area contributed by atoms with Gasteiger partial charge in [-0.25, -0.2) is 4.79 Å². The molecule has 33 heavy (non-hydrogen) atoms. The summed E-state index contributed by atoms with van der Waals surface area (Å²) < 4.78 is 0. The molecule has 0 saturated heterocycles. The predicted octanol–water partition coefficient (Wildman–Crippen LogP) is -1.65. The number of hydrogen-bond acceptors (Lipinski definition) is 7. The number of hydrogen-bond donors (Lipinski definition) is 7. The molecule has 9 N–H and O–H groups in total. The minimum absolute atomic E-state index is 0.0621. The Bertz CT molecular complexity index is 857. The van der Waals surface area contributed by atoms with Crippen molar-refractivity contribution in [1.82, 2.24) is 16.0 Å². The highest BCUT2D eigenvalue weighted by Crippen LogP contribution is 2.11. The Hall–Kier alpha value is -3.67. The summed E-state index contributed by atoms with van der Waals surface area (Å²) in [6.45, 7) is 2.71. The number of nitrogens with two attached hydrogens (primary N) is 2. The van der Waals surface area contributed by atoms with E-state index in [1.807, 2.05) is 0 Å². The van der Waals surface area contributed by atoms with E-state index in [0.717, 1.165) is 0 Å². The lowest BCUT2D eigenvalue weighted by Gasteiger charge is -2.21. The molecule has 0 heterocycles. The highest BCUT2D eigenvalue weighted by Gasteiger charge is 2.26. The molecule has 0 bridgehead atoms. The van der Waals surface area contributed by atoms with Gasteiger partial charge in [0.2, 0.25) is 23.6 Å². The highest BCUT2D eigenvalue weighted by atomic mass is 16.4. The number of phenols is 1. The molecule has 12 nitrogen and oxygen atoms in total. The van der Waals surface area contributed by atoms with Crippen LogP contribution in [0.4, 0.5) is 0 Å². The van der Waals surface area contributed by atoms with E-state index in [1.165, 1.54) is 12.1 Å². The van der Waals surface area contributed by atoms with Gasteiger partial charge >= 0.3 is 5.97 Å². The fourth-order valence-corrected chi connectivity index (χ4v) is 2.84. The van der Waals surface area contributed by atoms with Gasteiger partial charge in [-0.3, -0.25) is 19.2 Å². The fourth-order valence-electron chi connectivity index (χ4n) is 2.84. The second-order valence-electron chi connectivity index (χ2n) is 7.89. The van der Waals surface area contributed by atoms with E-state index in [1.54, 1.807) is 26.0 Å². The largest absolute Gasteiger partial charge is 0.508 e. The maximum absolute atomic E-state index is 12.5. The molecule has 3 unspecified atom stereocenters. The van der Waals surface area contributed by atoms with E-state index >= 15 is 0 Å². The quantitative estimate of drug-likeness (QED) is 0.179. The van der Waals surface area contributed by atoms with Crippen molar-refractivity contribution >= 4 is 29.6 Å². The molecule has 4 amide bonds. The molecule has 1 rings (SSSR count). The first kappa shape index (κ1) is 27.4. The minimum atomic E-state index is -1.21. The third-order valence-corrected chi connectivity index (χ3v) is 4.71. The van der Waals surface area contributed by atoms with Crippen LogP contribution in [0.25, 0.3) is 0 Å². The Balaban J connectivity index is 2.72. The van der Waals surface area contributed by atoms with Crippen molar-refractivity contribution in [3.8, 4) is 5.75 Å². The van der Waals surface area contributed by atoms with Crippen LogP contribution < -0.4 is 27.4 Å². The third kappa shape index (κ3) is 9.99. The summed E-state index contributed by atoms with van der Waals surface area (Å²) in [5.41, 5.74) is 11.7. The first-order chi connectivity index (χ1) is 15.4. The van der Waals surface area contributed by atoms with Crippen LogP contribution in [0, 0.1) is 5.92 Å². The van der Waals surface area contributed by atoms with Crippen LogP contribution in [0.1, 0.15) is 32.3 Å². The molecule has 1 aromatic rings. The molecule has 0 fully saturated rings. The number of aromatic hydroxyl groups is 1. The van der Waals surface area contributed by atoms with Crippen LogP contribution in [0.3, 0.4) is 0 Å². The number of carbonyl (C=O) groups is 5. The summed E-state index contributed by atoms with van der Waals surface area (Å²) in [5.74, 6) is -4.36. The Morgan fingerprint density at radius 2 is 1.61 bits per heavy atom. The monoisotopic (exact) mass is 465 g/mol. The number of carbonyl (C=O) groups excluding carboxylic acids is 4. The number of phenolic OH excluding ortho intramolecular Hbond substituents is 1. The van der Waals surface area contributed by atoms with Crippen LogP contribution in [0.2, 0.25) is 0 Å². The van der Waals surface area contributed by atoms with Gasteiger partial charge < -0.3 is 37.6 Å². The number of aliphatic carboxylic acids is 1. The van der Waals surface area contributed by atoms with Crippen molar-refractivity contribution in [1.29, 1.82) is 0 Å². The average molecular weight is 466 g/mol. The SMILES string of the molecule is CC(C)C(NC(=O)CNC(=O)C(CCC(N)=O)NC(=O)C(N)Cc1ccc(O)cc1)C(=O)O. The second kappa shape index (κ2) is 13.0. The van der Waals surface area contributed by atoms with Gasteiger partial charge in [0.25, 0.3) is 0 Å². The van der Waals surface area contributed by atoms with Crippen LogP contribution in [-0.2, 0) is 30.4 Å². The summed E-state index contributed by atoms with van der Waals surface area (Å²) in [4.78, 5) is 59.4. The van der Waals surface area contributed by atoms with Gasteiger partial charge in [-0.15, -0.1) is 0 Å². The van der Waals surface area contributed by atoms with Crippen molar-refractivity contribution in [2.75, 3.05) is 6.54 Å². The van der Waals surface area contributed by atoms with E-state index in [4.69, 9.17) is 16.6 Å². The first-order valence-corrected chi connectivity index (χ1v) is 10.3. The normalized spacial score (nSPS) is 13.5. The fraction of sp³-hybridized carbons (Fsp3) is 0.476. The molecule has 1 aromatic carbocycles. The summed E-state index contributed by atoms with van der Waals surface area (Å²) in [6.07, 6.45) is -0.194. The Morgan fingerprint density at radius 1 is 1.00 bits per heavy atom. The number of carboxylic acid groups (broad SMARTS) is 1. The zero-order valence-corrected chi connectivity index (χ0v) is 18.5. The molecule has 182 valence electrons. The van der Waals surface area contributed by atoms with Crippen molar-refractivity contribution in [2.24, 2.45) is 17.4 Å². The molecule has 0 radical (unpaired) electrons. The zero-order valence-electron chi connectivity index (χ0n) is 18.5. The van der Waals surface area contributed by atoms with Crippen LogP contribution in [-0.4, -0.2) is 64.5 Å². The summed E-state index contributed by atoms with van der Waals surface area (Å²) in [7, 11) is 0. The first-order valence-electron chi connectivity index (χ1n) is 10.3. The molecular weight excluding hydrogens is 434 g/mol. The average Bonchev–Trinajstić information content (AvgIpc) is 2.73. The number of amides is 4. The highest BCUT2D eigenvalue weighted by molar-refractivity contribution is 5.93. The van der Waals surface area contributed by atoms with Gasteiger partial charge in [0.1, 0.15) is 17.8 Å². The summed E-state index contributed by atoms with van der Waals surface area (Å²) in [5, 5.41) is 25.5. The van der Waals surface area contributed by atoms with E-state index in [-0.39, 0.29) is 30.9 Å². The number of nitrogens with one attached hydrogen (secondary N) is 3. The maximum atomic E-state index is 12.5. The second-order valence-corrected chi connectivity index (χ2v) is 7.89. The Morgan fingerprint density at radius 3 is 2.12 bits per heavy atom. The lowest BCUT2D eigenvalue weighted by atomic mass is 10.0. The molecule has 0 aromatic heterocycles. The van der Waals surface area contributed by atoms with Crippen molar-refractivity contribution < 1.29 is 34.2 Å². The van der Waals surface area contributed by atoms with Gasteiger partial charge in [-0.05, 0) is 36.5 Å². The lowest BCUT2D eigenvalue weighted by Crippen LogP contribution is -2.54. The van der Waals surface area contributed by atoms with Crippen molar-refractivity contribution in [2.45, 2.75) is 51.2 Å². The number of primary amides is 1.